The average Bonchev–Trinajstić information content (AvgIpc) is 2.74. The van der Waals surface area contributed by atoms with Crippen molar-refractivity contribution in [3.63, 3.8) is 0 Å². The lowest BCUT2D eigenvalue weighted by molar-refractivity contribution is -0.152. The molecule has 2 aromatic rings. The fourth-order valence-electron chi connectivity index (χ4n) is 3.41. The first kappa shape index (κ1) is 22.9. The third-order valence-electron chi connectivity index (χ3n) is 5.10. The first-order valence-electron chi connectivity index (χ1n) is 9.99. The number of esters is 1. The van der Waals surface area contributed by atoms with E-state index in [1.807, 2.05) is 6.92 Å². The van der Waals surface area contributed by atoms with Gasteiger partial charge in [0.15, 0.2) is 6.61 Å². The molecule has 1 N–H and O–H groups in total. The summed E-state index contributed by atoms with van der Waals surface area (Å²) in [6.45, 7) is 3.12. The molecule has 166 valence electrons. The number of halogens is 1. The van der Waals surface area contributed by atoms with Crippen LogP contribution in [-0.4, -0.2) is 43.8 Å². The molecule has 3 rings (SSSR count). The summed E-state index contributed by atoms with van der Waals surface area (Å²) in [6, 6.07) is 9.72. The number of nitrogens with zero attached hydrogens (tertiary/aromatic N) is 1. The molecule has 9 heteroatoms. The smallest absolute Gasteiger partial charge is 0.324 e. The van der Waals surface area contributed by atoms with Gasteiger partial charge in [0.1, 0.15) is 11.9 Å². The quantitative estimate of drug-likeness (QED) is 0.686. The molecule has 0 saturated carbocycles. The number of ether oxygens (including phenoxy) is 1. The molecule has 7 nitrogen and oxygen atoms in total. The van der Waals surface area contributed by atoms with Crippen molar-refractivity contribution < 1.29 is 27.1 Å². The van der Waals surface area contributed by atoms with Gasteiger partial charge < -0.3 is 10.1 Å². The Morgan fingerprint density at radius 2 is 1.77 bits per heavy atom. The van der Waals surface area contributed by atoms with E-state index in [-0.39, 0.29) is 17.1 Å². The fourth-order valence-corrected chi connectivity index (χ4v) is 5.06. The van der Waals surface area contributed by atoms with Crippen molar-refractivity contribution in [2.45, 2.75) is 44.0 Å². The van der Waals surface area contributed by atoms with E-state index in [2.05, 4.69) is 5.32 Å². The second-order valence-electron chi connectivity index (χ2n) is 7.58. The van der Waals surface area contributed by atoms with Crippen LogP contribution < -0.4 is 5.32 Å². The van der Waals surface area contributed by atoms with Gasteiger partial charge in [-0.25, -0.2) is 12.8 Å². The zero-order valence-corrected chi connectivity index (χ0v) is 18.2. The van der Waals surface area contributed by atoms with Gasteiger partial charge in [-0.15, -0.1) is 0 Å². The maximum absolute atomic E-state index is 13.9. The molecule has 1 saturated heterocycles. The maximum atomic E-state index is 13.9. The highest BCUT2D eigenvalue weighted by atomic mass is 32.2. The number of carbonyl (C=O) groups excluding carboxylic acids is 2. The largest absolute Gasteiger partial charge is 0.454 e. The Morgan fingerprint density at radius 1 is 1.10 bits per heavy atom. The van der Waals surface area contributed by atoms with Gasteiger partial charge in [-0.2, -0.15) is 4.31 Å². The molecule has 1 atom stereocenters. The van der Waals surface area contributed by atoms with Crippen LogP contribution in [0.3, 0.4) is 0 Å². The molecule has 0 radical (unpaired) electrons. The predicted octanol–water partition coefficient (Wildman–Crippen LogP) is 3.17. The van der Waals surface area contributed by atoms with Gasteiger partial charge in [0.2, 0.25) is 10.0 Å². The highest BCUT2D eigenvalue weighted by Crippen LogP contribution is 2.26. The Morgan fingerprint density at radius 3 is 2.45 bits per heavy atom. The van der Waals surface area contributed by atoms with E-state index in [0.29, 0.717) is 24.8 Å². The molecule has 1 unspecified atom stereocenters. The van der Waals surface area contributed by atoms with Crippen LogP contribution in [0.5, 0.6) is 0 Å². The molecule has 2 aromatic carbocycles. The molecule has 31 heavy (non-hydrogen) atoms. The number of carbonyl (C=O) groups is 2. The first-order chi connectivity index (χ1) is 14.7. The number of nitrogens with one attached hydrogen (secondary N) is 1. The monoisotopic (exact) mass is 448 g/mol. The maximum Gasteiger partial charge on any atom is 0.324 e. The highest BCUT2D eigenvalue weighted by Gasteiger charge is 2.38. The second kappa shape index (κ2) is 9.57. The molecular weight excluding hydrogens is 423 g/mol. The van der Waals surface area contributed by atoms with Gasteiger partial charge in [-0.05, 0) is 62.9 Å². The van der Waals surface area contributed by atoms with Crippen LogP contribution >= 0.6 is 0 Å². The van der Waals surface area contributed by atoms with Crippen LogP contribution in [0.1, 0.15) is 30.4 Å². The summed E-state index contributed by atoms with van der Waals surface area (Å²) in [6.07, 6.45) is 1.60. The topological polar surface area (TPSA) is 92.8 Å². The number of amides is 1. The van der Waals surface area contributed by atoms with E-state index in [1.165, 1.54) is 24.3 Å². The number of rotatable bonds is 6. The second-order valence-corrected chi connectivity index (χ2v) is 9.47. The number of aryl methyl sites for hydroxylation is 2. The standard InChI is InChI=1S/C22H25FN2O5S/c1-15-6-9-17(10-7-15)31(28,29)25-12-4-3-5-20(25)22(27)30-14-21(26)24-19-11-8-16(2)13-18(19)23/h6-11,13,20H,3-5,12,14H2,1-2H3,(H,24,26). The molecule has 0 aromatic heterocycles. The highest BCUT2D eigenvalue weighted by molar-refractivity contribution is 7.89. The number of hydrogen-bond donors (Lipinski definition) is 1. The summed E-state index contributed by atoms with van der Waals surface area (Å²) < 4.78 is 46.2. The SMILES string of the molecule is Cc1ccc(S(=O)(=O)N2CCCCC2C(=O)OCC(=O)Nc2ccc(C)cc2F)cc1. The summed E-state index contributed by atoms with van der Waals surface area (Å²) in [4.78, 5) is 24.8. The van der Waals surface area contributed by atoms with Gasteiger partial charge in [-0.3, -0.25) is 9.59 Å². The Hall–Kier alpha value is -2.78. The lowest BCUT2D eigenvalue weighted by Crippen LogP contribution is -2.48. The van der Waals surface area contributed by atoms with E-state index in [9.17, 15) is 22.4 Å². The van der Waals surface area contributed by atoms with Crippen LogP contribution in [0, 0.1) is 19.7 Å². The van der Waals surface area contributed by atoms with E-state index >= 15 is 0 Å². The number of hydrogen-bond acceptors (Lipinski definition) is 5. The zero-order chi connectivity index (χ0) is 22.6. The number of piperidine rings is 1. The Balaban J connectivity index is 1.66. The first-order valence-corrected chi connectivity index (χ1v) is 11.4. The fraction of sp³-hybridized carbons (Fsp3) is 0.364. The van der Waals surface area contributed by atoms with Gasteiger partial charge >= 0.3 is 5.97 Å². The number of anilines is 1. The van der Waals surface area contributed by atoms with Crippen molar-refractivity contribution in [1.29, 1.82) is 0 Å². The van der Waals surface area contributed by atoms with Gasteiger partial charge in [0.25, 0.3) is 5.91 Å². The van der Waals surface area contributed by atoms with Crippen LogP contribution in [0.2, 0.25) is 0 Å². The van der Waals surface area contributed by atoms with E-state index in [1.54, 1.807) is 25.1 Å². The third-order valence-corrected chi connectivity index (χ3v) is 7.02. The van der Waals surface area contributed by atoms with Crippen molar-refractivity contribution in [2.24, 2.45) is 0 Å². The number of benzene rings is 2. The minimum Gasteiger partial charge on any atom is -0.454 e. The number of sulfonamides is 1. The van der Waals surface area contributed by atoms with E-state index in [0.717, 1.165) is 9.87 Å². The van der Waals surface area contributed by atoms with E-state index in [4.69, 9.17) is 4.74 Å². The molecule has 1 fully saturated rings. The zero-order valence-electron chi connectivity index (χ0n) is 17.4. The van der Waals surface area contributed by atoms with Crippen LogP contribution in [0.4, 0.5) is 10.1 Å². The normalized spacial score (nSPS) is 17.2. The third kappa shape index (κ3) is 5.48. The summed E-state index contributed by atoms with van der Waals surface area (Å²) >= 11 is 0. The molecule has 1 heterocycles. The van der Waals surface area contributed by atoms with Crippen molar-refractivity contribution in [3.8, 4) is 0 Å². The Bertz CT molecular complexity index is 1070. The summed E-state index contributed by atoms with van der Waals surface area (Å²) in [5.74, 6) is -2.10. The lowest BCUT2D eigenvalue weighted by atomic mass is 10.1. The summed E-state index contributed by atoms with van der Waals surface area (Å²) in [5, 5.41) is 2.35. The lowest BCUT2D eigenvalue weighted by Gasteiger charge is -2.33. The Kier molecular flexibility index (Phi) is 7.07. The minimum atomic E-state index is -3.89. The Labute approximate surface area is 181 Å². The molecule has 1 aliphatic heterocycles. The van der Waals surface area contributed by atoms with Crippen LogP contribution in [-0.2, 0) is 24.3 Å². The predicted molar refractivity (Wildman–Crippen MR) is 113 cm³/mol. The van der Waals surface area contributed by atoms with Gasteiger partial charge in [0, 0.05) is 6.54 Å². The van der Waals surface area contributed by atoms with E-state index < -0.39 is 40.4 Å². The summed E-state index contributed by atoms with van der Waals surface area (Å²) in [5.41, 5.74) is 1.60. The summed E-state index contributed by atoms with van der Waals surface area (Å²) in [7, 11) is -3.89. The minimum absolute atomic E-state index is 0.0205. The molecule has 0 spiro atoms. The van der Waals surface area contributed by atoms with Crippen molar-refractivity contribution >= 4 is 27.6 Å². The molecule has 1 amide bonds. The van der Waals surface area contributed by atoms with Crippen molar-refractivity contribution in [1.82, 2.24) is 4.31 Å². The van der Waals surface area contributed by atoms with Gasteiger partial charge in [0.05, 0.1) is 10.6 Å². The van der Waals surface area contributed by atoms with Crippen molar-refractivity contribution in [2.75, 3.05) is 18.5 Å². The van der Waals surface area contributed by atoms with Gasteiger partial charge in [-0.1, -0.05) is 23.8 Å². The molecule has 1 aliphatic rings. The molecule has 0 aliphatic carbocycles. The molecular formula is C22H25FN2O5S. The van der Waals surface area contributed by atoms with Crippen molar-refractivity contribution in [3.05, 3.63) is 59.4 Å². The average molecular weight is 449 g/mol. The molecule has 0 bridgehead atoms. The van der Waals surface area contributed by atoms with Crippen LogP contribution in [0.25, 0.3) is 0 Å². The van der Waals surface area contributed by atoms with Crippen LogP contribution in [0.15, 0.2) is 47.4 Å².